The summed E-state index contributed by atoms with van der Waals surface area (Å²) in [7, 11) is 0. The molecule has 11 nitrogen and oxygen atoms in total. The highest BCUT2D eigenvalue weighted by atomic mass is 32.1. The van der Waals surface area contributed by atoms with E-state index in [0.717, 1.165) is 17.7 Å². The van der Waals surface area contributed by atoms with Crippen LogP contribution in [0.3, 0.4) is 0 Å². The number of hydrogen-bond acceptors (Lipinski definition) is 10. The van der Waals surface area contributed by atoms with Crippen LogP contribution in [0.15, 0.2) is 33.7 Å². The van der Waals surface area contributed by atoms with Crippen molar-refractivity contribution in [1.29, 1.82) is 0 Å². The van der Waals surface area contributed by atoms with Crippen LogP contribution in [0.1, 0.15) is 12.8 Å². The lowest BCUT2D eigenvalue weighted by atomic mass is 9.97. The van der Waals surface area contributed by atoms with Crippen LogP contribution >= 0.6 is 11.3 Å². The molecule has 12 heteroatoms. The molecule has 0 atom stereocenters. The number of carbonyl (C=O) groups is 1. The number of benzene rings is 1. The molecular formula is C17H14N4O7S. The normalized spacial score (nSPS) is 14.8. The van der Waals surface area contributed by atoms with Crippen molar-refractivity contribution in [2.75, 3.05) is 18.0 Å². The molecule has 1 fully saturated rings. The van der Waals surface area contributed by atoms with Gasteiger partial charge in [-0.05, 0) is 25.0 Å². The molecule has 1 aromatic carbocycles. The van der Waals surface area contributed by atoms with Gasteiger partial charge in [0.1, 0.15) is 12.1 Å². The molecule has 3 heterocycles. The molecule has 3 aromatic rings. The number of ether oxygens (including phenoxy) is 1. The standard InChI is InChI=1S/C17H14N4O7S/c22-16(23)9-3-5-20(6-4-9)14-13(21(25)26)15(19-8-18-14)27-10-1-2-12-11(7-10)28-17(24)29-12/h1-2,7-9H,3-6H2,(H,22,23). The van der Waals surface area contributed by atoms with E-state index in [4.69, 9.17) is 14.3 Å². The average molecular weight is 418 g/mol. The third-order valence-electron chi connectivity index (χ3n) is 4.61. The predicted octanol–water partition coefficient (Wildman–Crippen LogP) is 2.65. The molecule has 0 unspecified atom stereocenters. The van der Waals surface area contributed by atoms with Crippen LogP contribution < -0.4 is 14.6 Å². The van der Waals surface area contributed by atoms with E-state index in [0.29, 0.717) is 36.2 Å². The van der Waals surface area contributed by atoms with Crippen LogP contribution in [0.25, 0.3) is 10.3 Å². The monoisotopic (exact) mass is 418 g/mol. The second-order valence-electron chi connectivity index (χ2n) is 6.37. The number of hydrogen-bond donors (Lipinski definition) is 1. The van der Waals surface area contributed by atoms with Crippen LogP contribution in [0.2, 0.25) is 0 Å². The Bertz CT molecular complexity index is 1150. The Kier molecular flexibility index (Phi) is 4.84. The molecule has 0 bridgehead atoms. The summed E-state index contributed by atoms with van der Waals surface area (Å²) in [4.78, 5) is 42.7. The molecular weight excluding hydrogens is 404 g/mol. The van der Waals surface area contributed by atoms with Gasteiger partial charge in [-0.3, -0.25) is 14.9 Å². The van der Waals surface area contributed by atoms with Gasteiger partial charge >= 0.3 is 22.5 Å². The molecule has 0 spiro atoms. The highest BCUT2D eigenvalue weighted by molar-refractivity contribution is 7.16. The molecule has 0 radical (unpaired) electrons. The number of fused-ring (bicyclic) bond motifs is 1. The van der Waals surface area contributed by atoms with Crippen molar-refractivity contribution in [1.82, 2.24) is 9.97 Å². The summed E-state index contributed by atoms with van der Waals surface area (Å²) in [5.41, 5.74) is -0.0988. The Balaban J connectivity index is 1.65. The zero-order chi connectivity index (χ0) is 20.5. The minimum atomic E-state index is -0.874. The number of nitrogens with zero attached hydrogens (tertiary/aromatic N) is 4. The number of aromatic nitrogens is 2. The molecule has 1 aliphatic rings. The van der Waals surface area contributed by atoms with Crippen LogP contribution in [0.5, 0.6) is 11.6 Å². The second kappa shape index (κ2) is 7.47. The van der Waals surface area contributed by atoms with E-state index in [2.05, 4.69) is 9.97 Å². The maximum Gasteiger partial charge on any atom is 0.396 e. The Hall–Kier alpha value is -3.54. The first-order valence-corrected chi connectivity index (χ1v) is 9.42. The lowest BCUT2D eigenvalue weighted by molar-refractivity contribution is -0.385. The van der Waals surface area contributed by atoms with Gasteiger partial charge in [0.15, 0.2) is 5.58 Å². The van der Waals surface area contributed by atoms with Crippen molar-refractivity contribution in [2.45, 2.75) is 12.8 Å². The minimum absolute atomic E-state index is 0.0759. The van der Waals surface area contributed by atoms with E-state index in [1.807, 2.05) is 0 Å². The summed E-state index contributed by atoms with van der Waals surface area (Å²) in [6, 6.07) is 4.62. The smallest absolute Gasteiger partial charge is 0.396 e. The number of nitro groups is 1. The lowest BCUT2D eigenvalue weighted by Gasteiger charge is -2.30. The van der Waals surface area contributed by atoms with Crippen molar-refractivity contribution in [3.05, 3.63) is 44.4 Å². The molecule has 2 aromatic heterocycles. The number of anilines is 1. The van der Waals surface area contributed by atoms with Gasteiger partial charge in [0.05, 0.1) is 15.5 Å². The fraction of sp³-hybridized carbons (Fsp3) is 0.294. The van der Waals surface area contributed by atoms with Gasteiger partial charge in [-0.25, -0.2) is 9.78 Å². The maximum absolute atomic E-state index is 11.7. The molecule has 0 saturated carbocycles. The second-order valence-corrected chi connectivity index (χ2v) is 7.35. The summed E-state index contributed by atoms with van der Waals surface area (Å²) >= 11 is 0.938. The van der Waals surface area contributed by atoms with Gasteiger partial charge in [0.2, 0.25) is 5.82 Å². The van der Waals surface area contributed by atoms with Gasteiger partial charge in [0, 0.05) is 19.2 Å². The van der Waals surface area contributed by atoms with Gasteiger partial charge in [-0.1, -0.05) is 11.3 Å². The van der Waals surface area contributed by atoms with Crippen molar-refractivity contribution in [3.8, 4) is 11.6 Å². The largest absolute Gasteiger partial charge is 0.481 e. The Morgan fingerprint density at radius 3 is 2.79 bits per heavy atom. The van der Waals surface area contributed by atoms with Crippen LogP contribution in [0, 0.1) is 16.0 Å². The zero-order valence-electron chi connectivity index (χ0n) is 14.8. The first-order valence-electron chi connectivity index (χ1n) is 8.61. The van der Waals surface area contributed by atoms with Gasteiger partial charge in [-0.15, -0.1) is 0 Å². The summed E-state index contributed by atoms with van der Waals surface area (Å²) in [5, 5.41) is 20.9. The van der Waals surface area contributed by atoms with Crippen LogP contribution in [-0.4, -0.2) is 39.1 Å². The molecule has 0 amide bonds. The van der Waals surface area contributed by atoms with E-state index in [9.17, 15) is 19.7 Å². The topological polar surface area (TPSA) is 149 Å². The molecule has 1 aliphatic heterocycles. The zero-order valence-corrected chi connectivity index (χ0v) is 15.6. The Morgan fingerprint density at radius 2 is 2.10 bits per heavy atom. The predicted molar refractivity (Wildman–Crippen MR) is 102 cm³/mol. The Morgan fingerprint density at radius 1 is 1.34 bits per heavy atom. The number of rotatable bonds is 5. The third-order valence-corrected chi connectivity index (χ3v) is 5.42. The summed E-state index contributed by atoms with van der Waals surface area (Å²) < 4.78 is 11.3. The molecule has 29 heavy (non-hydrogen) atoms. The molecule has 150 valence electrons. The van der Waals surface area contributed by atoms with Gasteiger partial charge in [0.25, 0.3) is 0 Å². The van der Waals surface area contributed by atoms with E-state index >= 15 is 0 Å². The minimum Gasteiger partial charge on any atom is -0.481 e. The van der Waals surface area contributed by atoms with Crippen molar-refractivity contribution in [2.24, 2.45) is 5.92 Å². The number of aliphatic carboxylic acids is 1. The summed E-state index contributed by atoms with van der Waals surface area (Å²) in [5.74, 6) is -1.31. The first kappa shape index (κ1) is 18.8. The van der Waals surface area contributed by atoms with Crippen molar-refractivity contribution < 1.29 is 24.0 Å². The van der Waals surface area contributed by atoms with Crippen molar-refractivity contribution in [3.63, 3.8) is 0 Å². The highest BCUT2D eigenvalue weighted by Gasteiger charge is 2.32. The van der Waals surface area contributed by atoms with E-state index in [1.165, 1.54) is 6.07 Å². The summed E-state index contributed by atoms with van der Waals surface area (Å²) in [6.45, 7) is 0.639. The maximum atomic E-state index is 11.7. The SMILES string of the molecule is O=C(O)C1CCN(c2ncnc(Oc3ccc4sc(=O)oc4c3)c2[N+](=O)[O-])CC1. The average Bonchev–Trinajstić information content (AvgIpc) is 3.07. The quantitative estimate of drug-likeness (QED) is 0.484. The number of carboxylic acid groups (broad SMARTS) is 1. The van der Waals surface area contributed by atoms with Crippen LogP contribution in [0.4, 0.5) is 11.5 Å². The molecule has 4 rings (SSSR count). The molecule has 1 saturated heterocycles. The lowest BCUT2D eigenvalue weighted by Crippen LogP contribution is -2.37. The molecule has 0 aliphatic carbocycles. The fourth-order valence-electron chi connectivity index (χ4n) is 3.19. The molecule has 1 N–H and O–H groups in total. The Labute approximate surface area is 166 Å². The summed E-state index contributed by atoms with van der Waals surface area (Å²) in [6.07, 6.45) is 1.88. The van der Waals surface area contributed by atoms with E-state index in [1.54, 1.807) is 17.0 Å². The number of piperidine rings is 1. The van der Waals surface area contributed by atoms with Crippen molar-refractivity contribution >= 4 is 39.1 Å². The van der Waals surface area contributed by atoms with Gasteiger partial charge < -0.3 is 19.2 Å². The van der Waals surface area contributed by atoms with Gasteiger partial charge in [-0.2, -0.15) is 4.98 Å². The van der Waals surface area contributed by atoms with E-state index in [-0.39, 0.29) is 17.4 Å². The van der Waals surface area contributed by atoms with E-state index < -0.39 is 27.4 Å². The fourth-order valence-corrected chi connectivity index (χ4v) is 3.83. The van der Waals surface area contributed by atoms with Crippen LogP contribution in [-0.2, 0) is 4.79 Å². The number of carboxylic acids is 1. The highest BCUT2D eigenvalue weighted by Crippen LogP contribution is 2.38. The first-order chi connectivity index (χ1) is 13.9. The third kappa shape index (κ3) is 3.74.